The molecule has 0 spiro atoms. The standard InChI is InChI=1S/C34H46Cl2N6O/c1-23(2)15-31-21-41(20-29(37)18-27-12-13-28(35)19-32(27)36)30(9-6-14-40(3)34(38)39)22-42(31)33(43)17-24-10-11-25-7-4-5-8-26(25)16-24/h4-5,7-8,10-13,16,19,23,29-31H,6,9,14-15,17-18,20-22,37H2,1-3H3,(H3,38,39)/t29-,30?,31+/m0/s1. The van der Waals surface area contributed by atoms with Crippen LogP contribution in [0.5, 0.6) is 0 Å². The fraction of sp³-hybridized carbons (Fsp3) is 0.471. The number of nitrogens with zero attached hydrogens (tertiary/aromatic N) is 3. The van der Waals surface area contributed by atoms with E-state index < -0.39 is 0 Å². The van der Waals surface area contributed by atoms with Gasteiger partial charge < -0.3 is 21.3 Å². The van der Waals surface area contributed by atoms with Crippen LogP contribution in [0.2, 0.25) is 10.0 Å². The van der Waals surface area contributed by atoms with Crippen molar-refractivity contribution >= 4 is 45.8 Å². The number of guanidine groups is 1. The van der Waals surface area contributed by atoms with Crippen LogP contribution >= 0.6 is 23.2 Å². The van der Waals surface area contributed by atoms with Gasteiger partial charge in [-0.3, -0.25) is 15.1 Å². The highest BCUT2D eigenvalue weighted by molar-refractivity contribution is 6.35. The van der Waals surface area contributed by atoms with Crippen molar-refractivity contribution in [2.75, 3.05) is 33.2 Å². The molecule has 1 fully saturated rings. The quantitative estimate of drug-likeness (QED) is 0.175. The van der Waals surface area contributed by atoms with Crippen LogP contribution in [-0.4, -0.2) is 77.9 Å². The van der Waals surface area contributed by atoms with Gasteiger partial charge in [-0.25, -0.2) is 0 Å². The smallest absolute Gasteiger partial charge is 0.227 e. The number of piperazine rings is 1. The van der Waals surface area contributed by atoms with Crippen LogP contribution in [0.25, 0.3) is 10.8 Å². The molecule has 7 nitrogen and oxygen atoms in total. The molecule has 3 atom stereocenters. The second kappa shape index (κ2) is 15.2. The Morgan fingerprint density at radius 3 is 2.49 bits per heavy atom. The van der Waals surface area contributed by atoms with Crippen LogP contribution < -0.4 is 11.5 Å². The van der Waals surface area contributed by atoms with Crippen LogP contribution in [0.3, 0.4) is 0 Å². The molecule has 0 bridgehead atoms. The maximum absolute atomic E-state index is 14.0. The summed E-state index contributed by atoms with van der Waals surface area (Å²) in [5, 5.41) is 11.3. The molecule has 1 amide bonds. The first-order chi connectivity index (χ1) is 20.5. The molecular formula is C34H46Cl2N6O. The zero-order valence-electron chi connectivity index (χ0n) is 25.6. The van der Waals surface area contributed by atoms with Gasteiger partial charge in [0.15, 0.2) is 5.96 Å². The highest BCUT2D eigenvalue weighted by atomic mass is 35.5. The summed E-state index contributed by atoms with van der Waals surface area (Å²) in [6.07, 6.45) is 3.69. The second-order valence-corrected chi connectivity index (χ2v) is 13.3. The number of nitrogens with one attached hydrogen (secondary N) is 1. The van der Waals surface area contributed by atoms with E-state index in [-0.39, 0.29) is 30.0 Å². The minimum absolute atomic E-state index is 0.0616. The summed E-state index contributed by atoms with van der Waals surface area (Å²) in [7, 11) is 1.84. The van der Waals surface area contributed by atoms with Gasteiger partial charge in [0.25, 0.3) is 0 Å². The van der Waals surface area contributed by atoms with Gasteiger partial charge in [0, 0.05) is 61.4 Å². The maximum Gasteiger partial charge on any atom is 0.227 e. The van der Waals surface area contributed by atoms with Crippen LogP contribution in [-0.2, 0) is 17.6 Å². The molecule has 1 saturated heterocycles. The molecule has 0 aliphatic carbocycles. The van der Waals surface area contributed by atoms with Crippen molar-refractivity contribution in [2.24, 2.45) is 17.4 Å². The number of fused-ring (bicyclic) bond motifs is 1. The third-order valence-corrected chi connectivity index (χ3v) is 9.04. The molecule has 3 aromatic rings. The van der Waals surface area contributed by atoms with Crippen LogP contribution in [0, 0.1) is 11.3 Å². The Balaban J connectivity index is 1.52. The second-order valence-electron chi connectivity index (χ2n) is 12.4. The average molecular weight is 626 g/mol. The summed E-state index contributed by atoms with van der Waals surface area (Å²) in [4.78, 5) is 20.3. The predicted octanol–water partition coefficient (Wildman–Crippen LogP) is 5.79. The summed E-state index contributed by atoms with van der Waals surface area (Å²) < 4.78 is 0. The Morgan fingerprint density at radius 1 is 1.05 bits per heavy atom. The molecule has 5 N–H and O–H groups in total. The van der Waals surface area contributed by atoms with E-state index in [0.29, 0.717) is 48.4 Å². The Hall–Kier alpha value is -2.84. The number of amides is 1. The zero-order valence-corrected chi connectivity index (χ0v) is 27.1. The molecule has 43 heavy (non-hydrogen) atoms. The summed E-state index contributed by atoms with van der Waals surface area (Å²) >= 11 is 12.6. The van der Waals surface area contributed by atoms with Crippen LogP contribution in [0.1, 0.15) is 44.2 Å². The number of nitrogens with two attached hydrogens (primary N) is 2. The third kappa shape index (κ3) is 9.32. The van der Waals surface area contributed by atoms with Crippen LogP contribution in [0.15, 0.2) is 60.7 Å². The zero-order chi connectivity index (χ0) is 31.1. The van der Waals surface area contributed by atoms with Crippen molar-refractivity contribution < 1.29 is 4.79 Å². The van der Waals surface area contributed by atoms with Crippen molar-refractivity contribution in [2.45, 2.75) is 64.1 Å². The molecule has 9 heteroatoms. The highest BCUT2D eigenvalue weighted by Crippen LogP contribution is 2.27. The highest BCUT2D eigenvalue weighted by Gasteiger charge is 2.37. The topological polar surface area (TPSA) is 103 Å². The minimum atomic E-state index is -0.124. The lowest BCUT2D eigenvalue weighted by atomic mass is 9.94. The molecule has 0 saturated carbocycles. The number of benzene rings is 3. The van der Waals surface area contributed by atoms with Crippen molar-refractivity contribution in [1.29, 1.82) is 5.41 Å². The normalized spacial score (nSPS) is 18.3. The third-order valence-electron chi connectivity index (χ3n) is 8.45. The Morgan fingerprint density at radius 2 is 1.79 bits per heavy atom. The molecule has 1 unspecified atom stereocenters. The van der Waals surface area contributed by atoms with Gasteiger partial charge in [-0.2, -0.15) is 0 Å². The Bertz CT molecular complexity index is 1400. The van der Waals surface area contributed by atoms with E-state index in [2.05, 4.69) is 54.0 Å². The SMILES string of the molecule is CC(C)C[C@@H]1CN(C[C@@H](N)Cc2ccc(Cl)cc2Cl)C(CCCN(C)C(=N)N)CN1C(=O)Cc1ccc2ccccc2c1. The van der Waals surface area contributed by atoms with Gasteiger partial charge >= 0.3 is 0 Å². The summed E-state index contributed by atoms with van der Waals surface area (Å²) in [6.45, 7) is 7.25. The van der Waals surface area contributed by atoms with Gasteiger partial charge in [-0.15, -0.1) is 0 Å². The van der Waals surface area contributed by atoms with Gasteiger partial charge in [0.2, 0.25) is 5.91 Å². The minimum Gasteiger partial charge on any atom is -0.370 e. The van der Waals surface area contributed by atoms with E-state index in [1.165, 1.54) is 5.39 Å². The number of halogens is 2. The maximum atomic E-state index is 14.0. The number of hydrogen-bond donors (Lipinski definition) is 3. The lowest BCUT2D eigenvalue weighted by Crippen LogP contribution is -2.62. The van der Waals surface area contributed by atoms with Gasteiger partial charge in [-0.1, -0.05) is 85.6 Å². The molecule has 0 radical (unpaired) electrons. The summed E-state index contributed by atoms with van der Waals surface area (Å²) in [5.74, 6) is 0.681. The Kier molecular flexibility index (Phi) is 11.7. The number of rotatable bonds is 12. The molecule has 1 aliphatic rings. The number of carbonyl (C=O) groups excluding carboxylic acids is 1. The first-order valence-electron chi connectivity index (χ1n) is 15.3. The molecule has 1 aliphatic heterocycles. The fourth-order valence-corrected chi connectivity index (χ4v) is 6.69. The predicted molar refractivity (Wildman–Crippen MR) is 180 cm³/mol. The van der Waals surface area contributed by atoms with Crippen LogP contribution in [0.4, 0.5) is 0 Å². The van der Waals surface area contributed by atoms with E-state index in [0.717, 1.165) is 42.3 Å². The molecule has 232 valence electrons. The monoisotopic (exact) mass is 624 g/mol. The van der Waals surface area contributed by atoms with Crippen molar-refractivity contribution in [1.82, 2.24) is 14.7 Å². The van der Waals surface area contributed by atoms with Gasteiger partial charge in [0.1, 0.15) is 0 Å². The lowest BCUT2D eigenvalue weighted by molar-refractivity contribution is -0.138. The first-order valence-corrected chi connectivity index (χ1v) is 16.0. The Labute approximate surface area is 266 Å². The molecule has 4 rings (SSSR count). The van der Waals surface area contributed by atoms with Gasteiger partial charge in [0.05, 0.1) is 6.42 Å². The van der Waals surface area contributed by atoms with E-state index >= 15 is 0 Å². The first kappa shape index (κ1) is 33.1. The number of hydrogen-bond acceptors (Lipinski definition) is 4. The summed E-state index contributed by atoms with van der Waals surface area (Å²) in [5.41, 5.74) is 14.5. The molecule has 3 aromatic carbocycles. The average Bonchev–Trinajstić information content (AvgIpc) is 2.95. The fourth-order valence-electron chi connectivity index (χ4n) is 6.20. The van der Waals surface area contributed by atoms with Crippen molar-refractivity contribution in [3.63, 3.8) is 0 Å². The van der Waals surface area contributed by atoms with E-state index in [9.17, 15) is 4.79 Å². The van der Waals surface area contributed by atoms with Gasteiger partial charge in [-0.05, 0) is 65.6 Å². The lowest BCUT2D eigenvalue weighted by Gasteiger charge is -2.48. The largest absolute Gasteiger partial charge is 0.370 e. The molecular weight excluding hydrogens is 579 g/mol. The van der Waals surface area contributed by atoms with E-state index in [1.807, 2.05) is 31.3 Å². The summed E-state index contributed by atoms with van der Waals surface area (Å²) in [6, 6.07) is 20.3. The van der Waals surface area contributed by atoms with Crippen molar-refractivity contribution in [3.05, 3.63) is 81.8 Å². The molecule has 0 aromatic heterocycles. The number of carbonyl (C=O) groups is 1. The molecule has 1 heterocycles. The van der Waals surface area contributed by atoms with E-state index in [1.54, 1.807) is 11.0 Å². The van der Waals surface area contributed by atoms with Crippen molar-refractivity contribution in [3.8, 4) is 0 Å². The van der Waals surface area contributed by atoms with E-state index in [4.69, 9.17) is 40.1 Å².